The highest BCUT2D eigenvalue weighted by molar-refractivity contribution is 6.15. The lowest BCUT2D eigenvalue weighted by Gasteiger charge is -2.39. The molecule has 5 rings (SSSR count). The van der Waals surface area contributed by atoms with Crippen LogP contribution in [-0.4, -0.2) is 47.0 Å². The molecular weight excluding hydrogens is 338 g/mol. The summed E-state index contributed by atoms with van der Waals surface area (Å²) in [5.74, 6) is 0.971. The number of anilines is 1. The lowest BCUT2D eigenvalue weighted by Crippen LogP contribution is -2.52. The fourth-order valence-electron chi connectivity index (χ4n) is 3.51. The van der Waals surface area contributed by atoms with Crippen molar-refractivity contribution in [2.24, 2.45) is 4.99 Å². The first kappa shape index (κ1) is 16.1. The maximum absolute atomic E-state index is 5.36. The third-order valence-electron chi connectivity index (χ3n) is 5.13. The molecule has 0 radical (unpaired) electrons. The van der Waals surface area contributed by atoms with E-state index < -0.39 is 0 Å². The van der Waals surface area contributed by atoms with Gasteiger partial charge >= 0.3 is 0 Å². The van der Waals surface area contributed by atoms with Crippen LogP contribution in [-0.2, 0) is 11.3 Å². The topological polar surface area (TPSA) is 63.5 Å². The number of rotatable bonds is 4. The molecule has 3 aromatic rings. The highest BCUT2D eigenvalue weighted by Gasteiger charge is 2.28. The monoisotopic (exact) mass is 357 g/mol. The van der Waals surface area contributed by atoms with Crippen LogP contribution in [0.5, 0.6) is 0 Å². The van der Waals surface area contributed by atoms with Gasteiger partial charge in [-0.15, -0.1) is 0 Å². The molecule has 6 heteroatoms. The van der Waals surface area contributed by atoms with Gasteiger partial charge in [-0.2, -0.15) is 0 Å². The third-order valence-corrected chi connectivity index (χ3v) is 5.13. The lowest BCUT2D eigenvalue weighted by atomic mass is 10.00. The Morgan fingerprint density at radius 2 is 1.96 bits per heavy atom. The minimum atomic E-state index is 0.299. The van der Waals surface area contributed by atoms with Crippen LogP contribution in [0.3, 0.4) is 0 Å². The zero-order valence-electron chi connectivity index (χ0n) is 15.0. The van der Waals surface area contributed by atoms with Gasteiger partial charge in [0.05, 0.1) is 24.1 Å². The normalized spacial score (nSPS) is 16.0. The summed E-state index contributed by atoms with van der Waals surface area (Å²) in [5, 5.41) is 0. The summed E-state index contributed by atoms with van der Waals surface area (Å²) >= 11 is 0. The summed E-state index contributed by atoms with van der Waals surface area (Å²) in [7, 11) is 1.75. The minimum Gasteiger partial charge on any atom is -0.378 e. The molecule has 0 aliphatic carbocycles. The summed E-state index contributed by atoms with van der Waals surface area (Å²) < 4.78 is 5.36. The number of aromatic nitrogens is 3. The number of ether oxygens (including phenoxy) is 1. The second-order valence-corrected chi connectivity index (χ2v) is 6.80. The Hall–Kier alpha value is -3.12. The van der Waals surface area contributed by atoms with Gasteiger partial charge in [-0.25, -0.2) is 4.98 Å². The van der Waals surface area contributed by atoms with Gasteiger partial charge < -0.3 is 9.64 Å². The molecule has 5 heterocycles. The fraction of sp³-hybridized carbons (Fsp3) is 0.238. The lowest BCUT2D eigenvalue weighted by molar-refractivity contribution is 0.0783. The molecule has 0 amide bonds. The predicted octanol–water partition coefficient (Wildman–Crippen LogP) is 2.72. The van der Waals surface area contributed by atoms with Crippen LogP contribution in [0.1, 0.15) is 16.7 Å². The average molecular weight is 357 g/mol. The molecule has 0 saturated carbocycles. The number of aliphatic imine (C=N–C) groups is 1. The van der Waals surface area contributed by atoms with Crippen molar-refractivity contribution in [1.82, 2.24) is 15.0 Å². The highest BCUT2D eigenvalue weighted by atomic mass is 16.5. The Morgan fingerprint density at radius 1 is 1.04 bits per heavy atom. The number of hydrogen-bond donors (Lipinski definition) is 0. The second-order valence-electron chi connectivity index (χ2n) is 6.80. The van der Waals surface area contributed by atoms with E-state index in [-0.39, 0.29) is 0 Å². The van der Waals surface area contributed by atoms with Crippen molar-refractivity contribution >= 4 is 11.5 Å². The predicted molar refractivity (Wildman–Crippen MR) is 104 cm³/mol. The Balaban J connectivity index is 1.47. The number of methoxy groups -OCH3 is 1. The van der Waals surface area contributed by atoms with Crippen molar-refractivity contribution in [1.29, 1.82) is 0 Å². The fourth-order valence-corrected chi connectivity index (χ4v) is 3.51. The van der Waals surface area contributed by atoms with Crippen LogP contribution >= 0.6 is 0 Å². The van der Waals surface area contributed by atoms with Crippen molar-refractivity contribution in [3.8, 4) is 11.3 Å². The van der Waals surface area contributed by atoms with Gasteiger partial charge in [-0.3, -0.25) is 15.0 Å². The smallest absolute Gasteiger partial charge is 0.129 e. The SMILES string of the molecule is COC1CN(c2cc(C3=NCc4cnc(-c5cccnc5)cc43)ccn2)C1. The second kappa shape index (κ2) is 6.55. The van der Waals surface area contributed by atoms with Crippen molar-refractivity contribution in [3.63, 3.8) is 0 Å². The number of hydrogen-bond acceptors (Lipinski definition) is 6. The molecule has 1 saturated heterocycles. The van der Waals surface area contributed by atoms with Crippen LogP contribution in [0.2, 0.25) is 0 Å². The van der Waals surface area contributed by atoms with E-state index >= 15 is 0 Å². The maximum atomic E-state index is 5.36. The Morgan fingerprint density at radius 3 is 2.78 bits per heavy atom. The maximum Gasteiger partial charge on any atom is 0.129 e. The van der Waals surface area contributed by atoms with Crippen LogP contribution in [0.25, 0.3) is 11.3 Å². The third kappa shape index (κ3) is 2.88. The number of pyridine rings is 3. The Bertz CT molecular complexity index is 1010. The summed E-state index contributed by atoms with van der Waals surface area (Å²) in [4.78, 5) is 20.3. The van der Waals surface area contributed by atoms with E-state index in [0.29, 0.717) is 12.6 Å². The zero-order chi connectivity index (χ0) is 18.2. The van der Waals surface area contributed by atoms with Gasteiger partial charge in [-0.1, -0.05) is 0 Å². The molecule has 0 atom stereocenters. The molecule has 2 aliphatic rings. The van der Waals surface area contributed by atoms with Gasteiger partial charge in [0.2, 0.25) is 0 Å². The van der Waals surface area contributed by atoms with Gasteiger partial charge in [0, 0.05) is 67.2 Å². The van der Waals surface area contributed by atoms with E-state index in [0.717, 1.165) is 52.6 Å². The van der Waals surface area contributed by atoms with E-state index in [1.54, 1.807) is 13.3 Å². The quantitative estimate of drug-likeness (QED) is 0.718. The highest BCUT2D eigenvalue weighted by Crippen LogP contribution is 2.28. The summed E-state index contributed by atoms with van der Waals surface area (Å²) in [5.41, 5.74) is 6.30. The summed E-state index contributed by atoms with van der Waals surface area (Å²) in [6, 6.07) is 10.2. The number of nitrogens with zero attached hydrogens (tertiary/aromatic N) is 5. The molecule has 0 bridgehead atoms. The molecule has 6 nitrogen and oxygen atoms in total. The van der Waals surface area contributed by atoms with Crippen molar-refractivity contribution in [2.75, 3.05) is 25.1 Å². The van der Waals surface area contributed by atoms with Crippen LogP contribution in [0.4, 0.5) is 5.82 Å². The van der Waals surface area contributed by atoms with Gasteiger partial charge in [0.25, 0.3) is 0 Å². The average Bonchev–Trinajstić information content (AvgIpc) is 3.11. The molecule has 3 aromatic heterocycles. The summed E-state index contributed by atoms with van der Waals surface area (Å²) in [6.07, 6.45) is 7.68. The van der Waals surface area contributed by atoms with Gasteiger partial charge in [0.1, 0.15) is 5.82 Å². The molecule has 134 valence electrons. The molecule has 0 unspecified atom stereocenters. The first-order valence-corrected chi connectivity index (χ1v) is 9.00. The summed E-state index contributed by atoms with van der Waals surface area (Å²) in [6.45, 7) is 2.42. The van der Waals surface area contributed by atoms with E-state index in [1.807, 2.05) is 36.8 Å². The van der Waals surface area contributed by atoms with E-state index in [4.69, 9.17) is 9.73 Å². The molecule has 2 aliphatic heterocycles. The van der Waals surface area contributed by atoms with E-state index in [9.17, 15) is 0 Å². The molecule has 1 fully saturated rings. The molecule has 0 N–H and O–H groups in total. The van der Waals surface area contributed by atoms with Gasteiger partial charge in [-0.05, 0) is 30.3 Å². The standard InChI is InChI=1S/C21H19N5O/c1-27-17-12-26(13-17)20-7-14(4-6-23-20)21-18-8-19(15-3-2-5-22-9-15)24-10-16(18)11-25-21/h2-10,17H,11-13H2,1H3. The number of fused-ring (bicyclic) bond motifs is 1. The molecule has 27 heavy (non-hydrogen) atoms. The van der Waals surface area contributed by atoms with E-state index in [1.165, 1.54) is 0 Å². The van der Waals surface area contributed by atoms with Crippen molar-refractivity contribution < 1.29 is 4.74 Å². The van der Waals surface area contributed by atoms with Crippen molar-refractivity contribution in [3.05, 3.63) is 71.8 Å². The van der Waals surface area contributed by atoms with Crippen LogP contribution in [0, 0.1) is 0 Å². The molecule has 0 spiro atoms. The minimum absolute atomic E-state index is 0.299. The first-order valence-electron chi connectivity index (χ1n) is 9.00. The first-order chi connectivity index (χ1) is 13.3. The van der Waals surface area contributed by atoms with Crippen LogP contribution < -0.4 is 4.90 Å². The zero-order valence-corrected chi connectivity index (χ0v) is 15.0. The molecule has 0 aromatic carbocycles. The van der Waals surface area contributed by atoms with Crippen molar-refractivity contribution in [2.45, 2.75) is 12.6 Å². The molecular formula is C21H19N5O. The largest absolute Gasteiger partial charge is 0.378 e. The Labute approximate surface area is 157 Å². The van der Waals surface area contributed by atoms with Gasteiger partial charge in [0.15, 0.2) is 0 Å². The Kier molecular flexibility index (Phi) is 3.90. The van der Waals surface area contributed by atoms with Crippen LogP contribution in [0.15, 0.2) is 60.1 Å². The van der Waals surface area contributed by atoms with E-state index in [2.05, 4.69) is 32.0 Å².